The van der Waals surface area contributed by atoms with Crippen molar-refractivity contribution in [1.29, 1.82) is 0 Å². The van der Waals surface area contributed by atoms with E-state index in [0.717, 1.165) is 77.6 Å². The highest BCUT2D eigenvalue weighted by atomic mass is 16.3. The van der Waals surface area contributed by atoms with Crippen molar-refractivity contribution < 1.29 is 8.83 Å². The van der Waals surface area contributed by atoms with Crippen LogP contribution in [0.3, 0.4) is 0 Å². The standard InChI is InChI=1S/C45H28N2O2/c1-2-12-32(13-3-1)47(33-26-23-30(24-27-33)35-17-10-20-40-43(35)37-16-7-9-19-39(37)48-40)38-18-8-6-15-36(38)45-46-44-41(49-45)28-25-31-22-21-29-11-4-5-14-34(29)42(31)44/h1-28H. The summed E-state index contributed by atoms with van der Waals surface area (Å²) in [5.41, 5.74) is 9.65. The highest BCUT2D eigenvalue weighted by Crippen LogP contribution is 2.43. The van der Waals surface area contributed by atoms with Gasteiger partial charge in [0.05, 0.1) is 11.3 Å². The van der Waals surface area contributed by atoms with Crippen molar-refractivity contribution in [3.05, 3.63) is 170 Å². The van der Waals surface area contributed by atoms with Crippen molar-refractivity contribution in [2.45, 2.75) is 0 Å². The molecule has 0 bridgehead atoms. The maximum atomic E-state index is 6.57. The van der Waals surface area contributed by atoms with Crippen LogP contribution in [0.2, 0.25) is 0 Å². The minimum Gasteiger partial charge on any atom is -0.456 e. The number of aromatic nitrogens is 1. The number of oxazole rings is 1. The zero-order valence-electron chi connectivity index (χ0n) is 26.4. The fourth-order valence-corrected chi connectivity index (χ4v) is 7.26. The minimum atomic E-state index is 0.585. The molecule has 230 valence electrons. The molecule has 0 fully saturated rings. The second-order valence-corrected chi connectivity index (χ2v) is 12.3. The van der Waals surface area contributed by atoms with E-state index >= 15 is 0 Å². The molecule has 4 heteroatoms. The monoisotopic (exact) mass is 628 g/mol. The van der Waals surface area contributed by atoms with Crippen LogP contribution >= 0.6 is 0 Å². The molecule has 0 aliphatic carbocycles. The summed E-state index contributed by atoms with van der Waals surface area (Å²) in [5, 5.41) is 6.86. The maximum Gasteiger partial charge on any atom is 0.229 e. The van der Waals surface area contributed by atoms with Crippen LogP contribution in [0.5, 0.6) is 0 Å². The number of anilines is 3. The fraction of sp³-hybridized carbons (Fsp3) is 0. The molecule has 10 rings (SSSR count). The molecule has 0 aliphatic rings. The van der Waals surface area contributed by atoms with Crippen LogP contribution in [0.4, 0.5) is 17.1 Å². The molecule has 49 heavy (non-hydrogen) atoms. The largest absolute Gasteiger partial charge is 0.456 e. The molecule has 0 atom stereocenters. The van der Waals surface area contributed by atoms with Crippen LogP contribution in [-0.2, 0) is 0 Å². The topological polar surface area (TPSA) is 42.4 Å². The first kappa shape index (κ1) is 27.5. The smallest absolute Gasteiger partial charge is 0.229 e. The molecule has 4 nitrogen and oxygen atoms in total. The second kappa shape index (κ2) is 11.0. The molecule has 0 spiro atoms. The number of nitrogens with zero attached hydrogens (tertiary/aromatic N) is 2. The molecule has 0 amide bonds. The van der Waals surface area contributed by atoms with Crippen molar-refractivity contribution in [3.8, 4) is 22.6 Å². The summed E-state index contributed by atoms with van der Waals surface area (Å²) in [6.07, 6.45) is 0. The Kier molecular flexibility index (Phi) is 6.15. The summed E-state index contributed by atoms with van der Waals surface area (Å²) in [4.78, 5) is 7.47. The van der Waals surface area contributed by atoms with Crippen LogP contribution in [0.25, 0.3) is 77.2 Å². The Bertz CT molecular complexity index is 2830. The van der Waals surface area contributed by atoms with Gasteiger partial charge in [-0.3, -0.25) is 0 Å². The van der Waals surface area contributed by atoms with Crippen LogP contribution in [0.1, 0.15) is 0 Å². The van der Waals surface area contributed by atoms with Gasteiger partial charge in [0.1, 0.15) is 16.7 Å². The van der Waals surface area contributed by atoms with Gasteiger partial charge in [0.25, 0.3) is 0 Å². The molecule has 0 unspecified atom stereocenters. The molecule has 10 aromatic rings. The zero-order chi connectivity index (χ0) is 32.3. The number of hydrogen-bond donors (Lipinski definition) is 0. The minimum absolute atomic E-state index is 0.585. The zero-order valence-corrected chi connectivity index (χ0v) is 26.4. The lowest BCUT2D eigenvalue weighted by Gasteiger charge is -2.27. The lowest BCUT2D eigenvalue weighted by atomic mass is 9.99. The molecule has 2 aromatic heterocycles. The molecule has 2 heterocycles. The molecular weight excluding hydrogens is 601 g/mol. The first-order valence-electron chi connectivity index (χ1n) is 16.5. The third-order valence-corrected chi connectivity index (χ3v) is 9.49. The van der Waals surface area contributed by atoms with Crippen molar-refractivity contribution in [3.63, 3.8) is 0 Å². The maximum absolute atomic E-state index is 6.57. The summed E-state index contributed by atoms with van der Waals surface area (Å²) >= 11 is 0. The lowest BCUT2D eigenvalue weighted by Crippen LogP contribution is -2.11. The molecule has 0 aliphatic heterocycles. The van der Waals surface area contributed by atoms with E-state index in [-0.39, 0.29) is 0 Å². The van der Waals surface area contributed by atoms with Gasteiger partial charge in [0, 0.05) is 27.5 Å². The molecule has 0 saturated heterocycles. The van der Waals surface area contributed by atoms with Gasteiger partial charge in [-0.1, -0.05) is 115 Å². The first-order chi connectivity index (χ1) is 24.3. The van der Waals surface area contributed by atoms with Crippen molar-refractivity contribution >= 4 is 71.6 Å². The van der Waals surface area contributed by atoms with E-state index in [4.69, 9.17) is 13.8 Å². The van der Waals surface area contributed by atoms with Crippen LogP contribution in [0.15, 0.2) is 179 Å². The van der Waals surface area contributed by atoms with Gasteiger partial charge in [-0.2, -0.15) is 0 Å². The SMILES string of the molecule is c1ccc(N(c2ccc(-c3cccc4oc5ccccc5c34)cc2)c2ccccc2-c2nc3c(ccc4ccc5ccccc5c43)o2)cc1. The third-order valence-electron chi connectivity index (χ3n) is 9.49. The lowest BCUT2D eigenvalue weighted by molar-refractivity contribution is 0.620. The average Bonchev–Trinajstić information content (AvgIpc) is 3.78. The number of furan rings is 1. The summed E-state index contributed by atoms with van der Waals surface area (Å²) < 4.78 is 12.8. The molecule has 0 N–H and O–H groups in total. The highest BCUT2D eigenvalue weighted by molar-refractivity contribution is 6.18. The van der Waals surface area contributed by atoms with Crippen molar-refractivity contribution in [1.82, 2.24) is 4.98 Å². The Labute approximate surface area is 282 Å². The van der Waals surface area contributed by atoms with E-state index in [2.05, 4.69) is 138 Å². The third kappa shape index (κ3) is 4.42. The molecular formula is C45H28N2O2. The van der Waals surface area contributed by atoms with E-state index in [0.29, 0.717) is 5.89 Å². The van der Waals surface area contributed by atoms with Crippen LogP contribution in [0, 0.1) is 0 Å². The molecule has 8 aromatic carbocycles. The van der Waals surface area contributed by atoms with Gasteiger partial charge in [0.15, 0.2) is 5.58 Å². The Morgan fingerprint density at radius 1 is 0.408 bits per heavy atom. The van der Waals surface area contributed by atoms with E-state index in [1.165, 1.54) is 10.8 Å². The van der Waals surface area contributed by atoms with E-state index < -0.39 is 0 Å². The quantitative estimate of drug-likeness (QED) is 0.178. The number of benzene rings is 8. The number of para-hydroxylation sites is 3. The van der Waals surface area contributed by atoms with Crippen molar-refractivity contribution in [2.75, 3.05) is 4.90 Å². The predicted octanol–water partition coefficient (Wildman–Crippen LogP) is 12.8. The summed E-state index contributed by atoms with van der Waals surface area (Å²) in [6.45, 7) is 0. The molecule has 0 saturated carbocycles. The van der Waals surface area contributed by atoms with E-state index in [1.807, 2.05) is 36.4 Å². The van der Waals surface area contributed by atoms with Gasteiger partial charge >= 0.3 is 0 Å². The van der Waals surface area contributed by atoms with Crippen LogP contribution < -0.4 is 4.90 Å². The average molecular weight is 629 g/mol. The number of rotatable bonds is 5. The van der Waals surface area contributed by atoms with E-state index in [1.54, 1.807) is 0 Å². The van der Waals surface area contributed by atoms with Gasteiger partial charge in [-0.05, 0) is 81.9 Å². The summed E-state index contributed by atoms with van der Waals surface area (Å²) in [5.74, 6) is 0.585. The summed E-state index contributed by atoms with van der Waals surface area (Å²) in [6, 6.07) is 59.0. The molecule has 0 radical (unpaired) electrons. The normalized spacial score (nSPS) is 11.7. The summed E-state index contributed by atoms with van der Waals surface area (Å²) in [7, 11) is 0. The predicted molar refractivity (Wildman–Crippen MR) is 202 cm³/mol. The highest BCUT2D eigenvalue weighted by Gasteiger charge is 2.21. The fourth-order valence-electron chi connectivity index (χ4n) is 7.26. The second-order valence-electron chi connectivity index (χ2n) is 12.3. The van der Waals surface area contributed by atoms with Gasteiger partial charge in [-0.15, -0.1) is 0 Å². The Balaban J connectivity index is 1.13. The Morgan fingerprint density at radius 2 is 1.08 bits per heavy atom. The Morgan fingerprint density at radius 3 is 1.98 bits per heavy atom. The Hall–Kier alpha value is -6.65. The number of fused-ring (bicyclic) bond motifs is 8. The number of hydrogen-bond acceptors (Lipinski definition) is 4. The van der Waals surface area contributed by atoms with Gasteiger partial charge in [0.2, 0.25) is 5.89 Å². The first-order valence-corrected chi connectivity index (χ1v) is 16.5. The van der Waals surface area contributed by atoms with Crippen LogP contribution in [-0.4, -0.2) is 4.98 Å². The van der Waals surface area contributed by atoms with E-state index in [9.17, 15) is 0 Å². The van der Waals surface area contributed by atoms with Crippen molar-refractivity contribution in [2.24, 2.45) is 0 Å². The van der Waals surface area contributed by atoms with Gasteiger partial charge in [-0.25, -0.2) is 4.98 Å². The van der Waals surface area contributed by atoms with Gasteiger partial charge < -0.3 is 13.7 Å².